The van der Waals surface area contributed by atoms with Gasteiger partial charge in [0.2, 0.25) is 5.91 Å². The van der Waals surface area contributed by atoms with Gasteiger partial charge < -0.3 is 15.4 Å². The highest BCUT2D eigenvalue weighted by Gasteiger charge is 2.32. The summed E-state index contributed by atoms with van der Waals surface area (Å²) in [5.41, 5.74) is 5.92. The number of nitrogens with zero attached hydrogens (tertiary/aromatic N) is 1. The molecular weight excluding hydrogens is 264 g/mol. The van der Waals surface area contributed by atoms with Gasteiger partial charge >= 0.3 is 0 Å². The molecule has 5 heteroatoms. The Hall–Kier alpha value is -1.10. The highest BCUT2D eigenvalue weighted by Crippen LogP contribution is 2.28. The molecule has 1 atom stereocenters. The third kappa shape index (κ3) is 3.26. The molecule has 1 amide bonds. The molecule has 0 unspecified atom stereocenters. The number of hydrogen-bond donors (Lipinski definition) is 1. The van der Waals surface area contributed by atoms with Crippen LogP contribution in [0, 0.1) is 0 Å². The summed E-state index contributed by atoms with van der Waals surface area (Å²) in [4.78, 5) is 13.9. The van der Waals surface area contributed by atoms with Crippen molar-refractivity contribution in [1.29, 1.82) is 0 Å². The lowest BCUT2D eigenvalue weighted by molar-refractivity contribution is -0.143. The molecule has 0 aliphatic carbocycles. The molecule has 2 rings (SSSR count). The van der Waals surface area contributed by atoms with E-state index in [2.05, 4.69) is 0 Å². The van der Waals surface area contributed by atoms with Gasteiger partial charge in [-0.05, 0) is 19.9 Å². The van der Waals surface area contributed by atoms with Crippen LogP contribution in [0.4, 0.5) is 0 Å². The van der Waals surface area contributed by atoms with Crippen LogP contribution in [0.3, 0.4) is 0 Å². The molecule has 0 bridgehead atoms. The van der Waals surface area contributed by atoms with Crippen molar-refractivity contribution in [3.63, 3.8) is 0 Å². The van der Waals surface area contributed by atoms with Gasteiger partial charge in [-0.3, -0.25) is 4.79 Å². The minimum Gasteiger partial charge on any atom is -0.370 e. The first kappa shape index (κ1) is 14.3. The van der Waals surface area contributed by atoms with E-state index in [1.165, 1.54) is 0 Å². The fraction of sp³-hybridized carbons (Fsp3) is 0.500. The lowest BCUT2D eigenvalue weighted by atomic mass is 10.0. The van der Waals surface area contributed by atoms with Crippen LogP contribution in [0.25, 0.3) is 0 Å². The van der Waals surface area contributed by atoms with E-state index >= 15 is 0 Å². The summed E-state index contributed by atoms with van der Waals surface area (Å²) < 4.78 is 5.72. The van der Waals surface area contributed by atoms with Crippen molar-refractivity contribution in [2.45, 2.75) is 25.5 Å². The molecule has 1 heterocycles. The Morgan fingerprint density at radius 3 is 2.79 bits per heavy atom. The zero-order valence-electron chi connectivity index (χ0n) is 11.2. The van der Waals surface area contributed by atoms with Crippen LogP contribution in [0.5, 0.6) is 0 Å². The first-order valence-electron chi connectivity index (χ1n) is 6.34. The maximum Gasteiger partial charge on any atom is 0.242 e. The molecule has 1 fully saturated rings. The van der Waals surface area contributed by atoms with Gasteiger partial charge in [0.15, 0.2) is 0 Å². The fourth-order valence-corrected chi connectivity index (χ4v) is 2.42. The summed E-state index contributed by atoms with van der Waals surface area (Å²) in [5.74, 6) is -0.0622. The largest absolute Gasteiger partial charge is 0.370 e. The average Bonchev–Trinajstić information content (AvgIpc) is 2.37. The Bertz CT molecular complexity index is 471. The van der Waals surface area contributed by atoms with Crippen LogP contribution in [-0.4, -0.2) is 36.0 Å². The third-order valence-electron chi connectivity index (χ3n) is 3.16. The number of rotatable bonds is 2. The fourth-order valence-electron chi connectivity index (χ4n) is 2.17. The van der Waals surface area contributed by atoms with Crippen molar-refractivity contribution < 1.29 is 9.53 Å². The topological polar surface area (TPSA) is 55.6 Å². The maximum atomic E-state index is 12.2. The monoisotopic (exact) mass is 282 g/mol. The van der Waals surface area contributed by atoms with Crippen LogP contribution in [-0.2, 0) is 9.53 Å². The second-order valence-electron chi connectivity index (χ2n) is 5.35. The molecule has 1 aromatic rings. The van der Waals surface area contributed by atoms with Crippen LogP contribution < -0.4 is 5.73 Å². The Labute approximate surface area is 118 Å². The number of carbonyl (C=O) groups excluding carboxylic acids is 1. The van der Waals surface area contributed by atoms with E-state index in [1.54, 1.807) is 18.7 Å². The summed E-state index contributed by atoms with van der Waals surface area (Å²) in [5, 5.41) is 0.661. The summed E-state index contributed by atoms with van der Waals surface area (Å²) in [6.07, 6.45) is -0.186. The zero-order valence-corrected chi connectivity index (χ0v) is 12.0. The standard InChI is InChI=1S/C14H19ClN2O2/c1-14(2,16)13(18)17-7-8-19-12(9-17)10-5-3-4-6-11(10)15/h3-6,12H,7-9,16H2,1-2H3/t12-/m1/s1. The second-order valence-corrected chi connectivity index (χ2v) is 5.76. The molecule has 104 valence electrons. The lowest BCUT2D eigenvalue weighted by Gasteiger charge is -2.36. The van der Waals surface area contributed by atoms with Crippen LogP contribution in [0.1, 0.15) is 25.5 Å². The molecular formula is C14H19ClN2O2. The quantitative estimate of drug-likeness (QED) is 0.902. The number of amides is 1. The van der Waals surface area contributed by atoms with Gasteiger partial charge in [0, 0.05) is 17.1 Å². The van der Waals surface area contributed by atoms with E-state index in [0.29, 0.717) is 24.7 Å². The number of nitrogens with two attached hydrogens (primary N) is 1. The van der Waals surface area contributed by atoms with E-state index in [4.69, 9.17) is 22.1 Å². The van der Waals surface area contributed by atoms with Crippen LogP contribution in [0.15, 0.2) is 24.3 Å². The molecule has 0 aromatic heterocycles. The molecule has 1 aliphatic rings. The molecule has 1 saturated heterocycles. The maximum absolute atomic E-state index is 12.2. The molecule has 1 aliphatic heterocycles. The minimum atomic E-state index is -0.859. The summed E-state index contributed by atoms with van der Waals surface area (Å²) in [6.45, 7) is 4.99. The summed E-state index contributed by atoms with van der Waals surface area (Å²) in [6, 6.07) is 7.54. The van der Waals surface area contributed by atoms with Crippen molar-refractivity contribution in [2.75, 3.05) is 19.7 Å². The number of hydrogen-bond acceptors (Lipinski definition) is 3. The zero-order chi connectivity index (χ0) is 14.0. The first-order chi connectivity index (χ1) is 8.89. The van der Waals surface area contributed by atoms with Gasteiger partial charge in [-0.1, -0.05) is 29.8 Å². The van der Waals surface area contributed by atoms with E-state index in [1.807, 2.05) is 24.3 Å². The Kier molecular flexibility index (Phi) is 4.13. The van der Waals surface area contributed by atoms with Crippen molar-refractivity contribution in [3.05, 3.63) is 34.9 Å². The van der Waals surface area contributed by atoms with Crippen molar-refractivity contribution in [2.24, 2.45) is 5.73 Å². The minimum absolute atomic E-state index is 0.0622. The Morgan fingerprint density at radius 1 is 1.47 bits per heavy atom. The van der Waals surface area contributed by atoms with E-state index < -0.39 is 5.54 Å². The van der Waals surface area contributed by atoms with Gasteiger partial charge in [-0.15, -0.1) is 0 Å². The van der Waals surface area contributed by atoms with Gasteiger partial charge in [0.05, 0.1) is 18.7 Å². The molecule has 0 saturated carbocycles. The van der Waals surface area contributed by atoms with Crippen LogP contribution >= 0.6 is 11.6 Å². The molecule has 1 aromatic carbocycles. The smallest absolute Gasteiger partial charge is 0.242 e. The first-order valence-corrected chi connectivity index (χ1v) is 6.71. The number of carbonyl (C=O) groups is 1. The highest BCUT2D eigenvalue weighted by atomic mass is 35.5. The molecule has 0 spiro atoms. The Morgan fingerprint density at radius 2 is 2.16 bits per heavy atom. The van der Waals surface area contributed by atoms with Crippen molar-refractivity contribution in [1.82, 2.24) is 4.90 Å². The third-order valence-corrected chi connectivity index (χ3v) is 3.50. The number of morpholine rings is 1. The molecule has 2 N–H and O–H groups in total. The molecule has 0 radical (unpaired) electrons. The summed E-state index contributed by atoms with van der Waals surface area (Å²) >= 11 is 6.17. The number of halogens is 1. The van der Waals surface area contributed by atoms with Gasteiger partial charge in [-0.2, -0.15) is 0 Å². The number of benzene rings is 1. The molecule has 4 nitrogen and oxygen atoms in total. The number of ether oxygens (including phenoxy) is 1. The predicted molar refractivity (Wildman–Crippen MR) is 75.0 cm³/mol. The van der Waals surface area contributed by atoms with E-state index in [9.17, 15) is 4.79 Å². The van der Waals surface area contributed by atoms with E-state index in [-0.39, 0.29) is 12.0 Å². The average molecular weight is 283 g/mol. The second kappa shape index (κ2) is 5.49. The van der Waals surface area contributed by atoms with Crippen molar-refractivity contribution >= 4 is 17.5 Å². The SMILES string of the molecule is CC(C)(N)C(=O)N1CCO[C@@H](c2ccccc2Cl)C1. The highest BCUT2D eigenvalue weighted by molar-refractivity contribution is 6.31. The van der Waals surface area contributed by atoms with Crippen LogP contribution in [0.2, 0.25) is 5.02 Å². The van der Waals surface area contributed by atoms with Gasteiger partial charge in [-0.25, -0.2) is 0 Å². The van der Waals surface area contributed by atoms with E-state index in [0.717, 1.165) is 5.56 Å². The normalized spacial score (nSPS) is 20.4. The van der Waals surface area contributed by atoms with Gasteiger partial charge in [0.25, 0.3) is 0 Å². The van der Waals surface area contributed by atoms with Crippen molar-refractivity contribution in [3.8, 4) is 0 Å². The predicted octanol–water partition coefficient (Wildman–Crippen LogP) is 1.98. The summed E-state index contributed by atoms with van der Waals surface area (Å²) in [7, 11) is 0. The molecule has 19 heavy (non-hydrogen) atoms. The Balaban J connectivity index is 2.14. The van der Waals surface area contributed by atoms with Gasteiger partial charge in [0.1, 0.15) is 6.10 Å². The lowest BCUT2D eigenvalue weighted by Crippen LogP contribution is -2.54.